The monoisotopic (exact) mass is 416 g/mol. The number of fused-ring (bicyclic) bond motifs is 2. The number of carbonyl (C=O) groups excluding carboxylic acids is 2. The summed E-state index contributed by atoms with van der Waals surface area (Å²) in [5.74, 6) is -1.74. The van der Waals surface area contributed by atoms with Crippen molar-refractivity contribution in [1.29, 1.82) is 0 Å². The maximum atomic E-state index is 12.3. The number of aliphatic hydroxyl groups excluding tert-OH is 1. The molecule has 0 aliphatic carbocycles. The Morgan fingerprint density at radius 1 is 1.52 bits per heavy atom. The number of aromatic nitrogens is 3. The standard InChI is InChI=1S/C16H18N4O4S2.Na/c1-7-11-10(8(2)21)14(22)20(11)12(15(23)24)13(7)25-4-3-9-5-19-16(18-9)26-6-17-19;/h5-8,10-11,21H,3-4H2,1-2H3,(H,23,24);/q;+1/p-1/t7-,8-,10-,11-;/m1./s1. The maximum Gasteiger partial charge on any atom is 1.00 e. The molecule has 2 aromatic rings. The van der Waals surface area contributed by atoms with Gasteiger partial charge in [-0.3, -0.25) is 4.79 Å². The molecule has 2 aliphatic heterocycles. The summed E-state index contributed by atoms with van der Waals surface area (Å²) >= 11 is 2.87. The molecule has 2 aromatic heterocycles. The molecule has 0 bridgehead atoms. The van der Waals surface area contributed by atoms with Crippen LogP contribution in [0.5, 0.6) is 0 Å². The molecule has 4 atom stereocenters. The summed E-state index contributed by atoms with van der Waals surface area (Å²) in [4.78, 5) is 31.1. The van der Waals surface area contributed by atoms with Crippen LogP contribution in [0.1, 0.15) is 19.5 Å². The van der Waals surface area contributed by atoms with Crippen LogP contribution < -0.4 is 34.7 Å². The van der Waals surface area contributed by atoms with E-state index in [1.54, 1.807) is 16.9 Å². The number of aliphatic carboxylic acids is 1. The number of hydrogen-bond donors (Lipinski definition) is 1. The third kappa shape index (κ3) is 3.36. The Kier molecular flexibility index (Phi) is 6.05. The van der Waals surface area contributed by atoms with Crippen LogP contribution in [0, 0.1) is 11.8 Å². The fraction of sp³-hybridized carbons (Fsp3) is 0.500. The Balaban J connectivity index is 0.00000210. The van der Waals surface area contributed by atoms with E-state index in [0.717, 1.165) is 10.7 Å². The van der Waals surface area contributed by atoms with E-state index in [1.165, 1.54) is 28.0 Å². The van der Waals surface area contributed by atoms with Gasteiger partial charge in [-0.2, -0.15) is 5.10 Å². The van der Waals surface area contributed by atoms with Crippen molar-refractivity contribution in [2.45, 2.75) is 32.4 Å². The van der Waals surface area contributed by atoms with Crippen LogP contribution >= 0.6 is 23.1 Å². The van der Waals surface area contributed by atoms with Gasteiger partial charge in [0.15, 0.2) is 0 Å². The number of aryl methyl sites for hydroxylation is 1. The molecule has 1 saturated heterocycles. The van der Waals surface area contributed by atoms with E-state index in [9.17, 15) is 19.8 Å². The molecule has 1 amide bonds. The first kappa shape index (κ1) is 20.8. The number of amides is 1. The summed E-state index contributed by atoms with van der Waals surface area (Å²) in [5.41, 5.74) is 2.57. The summed E-state index contributed by atoms with van der Waals surface area (Å²) in [7, 11) is 0. The molecule has 1 N–H and O–H groups in total. The van der Waals surface area contributed by atoms with Crippen molar-refractivity contribution in [3.05, 3.63) is 28.0 Å². The first-order valence-electron chi connectivity index (χ1n) is 8.27. The fourth-order valence-electron chi connectivity index (χ4n) is 3.78. The number of thioether (sulfide) groups is 1. The van der Waals surface area contributed by atoms with E-state index in [4.69, 9.17) is 0 Å². The molecule has 1 fully saturated rings. The largest absolute Gasteiger partial charge is 1.00 e. The van der Waals surface area contributed by atoms with E-state index in [2.05, 4.69) is 10.1 Å². The fourth-order valence-corrected chi connectivity index (χ4v) is 5.65. The Labute approximate surface area is 185 Å². The third-order valence-electron chi connectivity index (χ3n) is 4.95. The Morgan fingerprint density at radius 3 is 2.89 bits per heavy atom. The van der Waals surface area contributed by atoms with E-state index in [-0.39, 0.29) is 53.1 Å². The molecular weight excluding hydrogens is 399 g/mol. The van der Waals surface area contributed by atoms with Gasteiger partial charge in [0.05, 0.1) is 41.6 Å². The summed E-state index contributed by atoms with van der Waals surface area (Å²) in [6.07, 6.45) is 1.72. The number of carbonyl (C=O) groups is 2. The van der Waals surface area contributed by atoms with Gasteiger partial charge in [-0.25, -0.2) is 9.50 Å². The molecule has 11 heteroatoms. The Bertz CT molecular complexity index is 896. The van der Waals surface area contributed by atoms with Gasteiger partial charge in [-0.1, -0.05) is 18.3 Å². The second-order valence-corrected chi connectivity index (χ2v) is 8.50. The number of carboxylic acid groups (broad SMARTS) is 1. The quantitative estimate of drug-likeness (QED) is 0.392. The summed E-state index contributed by atoms with van der Waals surface area (Å²) < 4.78 is 1.71. The maximum absolute atomic E-state index is 12.3. The predicted octanol–water partition coefficient (Wildman–Crippen LogP) is -3.11. The summed E-state index contributed by atoms with van der Waals surface area (Å²) in [6, 6.07) is -0.306. The molecule has 4 rings (SSSR count). The zero-order valence-corrected chi connectivity index (χ0v) is 18.8. The molecule has 0 aromatic carbocycles. The SMILES string of the molecule is C[C@@H](O)[C@H]1C(=O)N2C(C(=O)[O-])=C(SCCc3cn4ncsc4n3)[C@H](C)[C@H]12.[Na+]. The minimum Gasteiger partial charge on any atom is -0.543 e. The number of imidazole rings is 1. The van der Waals surface area contributed by atoms with Crippen molar-refractivity contribution < 1.29 is 49.4 Å². The minimum absolute atomic E-state index is 0. The number of rotatable bonds is 6. The second kappa shape index (κ2) is 7.84. The van der Waals surface area contributed by atoms with Crippen LogP contribution in [0.3, 0.4) is 0 Å². The van der Waals surface area contributed by atoms with Gasteiger partial charge in [-0.15, -0.1) is 11.8 Å². The molecule has 2 aliphatic rings. The third-order valence-corrected chi connectivity index (χ3v) is 6.93. The van der Waals surface area contributed by atoms with Crippen molar-refractivity contribution in [3.63, 3.8) is 0 Å². The van der Waals surface area contributed by atoms with Crippen molar-refractivity contribution in [1.82, 2.24) is 19.5 Å². The smallest absolute Gasteiger partial charge is 0.543 e. The minimum atomic E-state index is -1.34. The zero-order chi connectivity index (χ0) is 18.6. The van der Waals surface area contributed by atoms with Gasteiger partial charge in [-0.05, 0) is 6.92 Å². The molecule has 138 valence electrons. The van der Waals surface area contributed by atoms with E-state index in [0.29, 0.717) is 17.1 Å². The average molecular weight is 416 g/mol. The molecule has 4 heterocycles. The Hall–Kier alpha value is -0.910. The van der Waals surface area contributed by atoms with E-state index in [1.807, 2.05) is 13.1 Å². The number of carboxylic acids is 1. The van der Waals surface area contributed by atoms with Crippen LogP contribution in [0.25, 0.3) is 4.96 Å². The number of hydrogen-bond acceptors (Lipinski definition) is 8. The molecule has 0 saturated carbocycles. The molecule has 0 unspecified atom stereocenters. The first-order valence-corrected chi connectivity index (χ1v) is 10.1. The van der Waals surface area contributed by atoms with Gasteiger partial charge < -0.3 is 19.9 Å². The summed E-state index contributed by atoms with van der Waals surface area (Å²) in [5, 5.41) is 25.6. The Morgan fingerprint density at radius 2 is 2.26 bits per heavy atom. The van der Waals surface area contributed by atoms with Gasteiger partial charge in [0.1, 0.15) is 5.51 Å². The molecule has 0 radical (unpaired) electrons. The molecule has 27 heavy (non-hydrogen) atoms. The topological polar surface area (TPSA) is 111 Å². The zero-order valence-electron chi connectivity index (χ0n) is 15.2. The van der Waals surface area contributed by atoms with Crippen LogP contribution in [-0.2, 0) is 16.0 Å². The molecule has 0 spiro atoms. The van der Waals surface area contributed by atoms with Crippen LogP contribution in [0.4, 0.5) is 0 Å². The first-order chi connectivity index (χ1) is 12.4. The second-order valence-electron chi connectivity index (χ2n) is 6.55. The normalized spacial score (nSPS) is 25.4. The number of β-lactam (4-membered cyclic amide) rings is 1. The van der Waals surface area contributed by atoms with Crippen molar-refractivity contribution >= 4 is 39.9 Å². The van der Waals surface area contributed by atoms with E-state index >= 15 is 0 Å². The van der Waals surface area contributed by atoms with E-state index < -0.39 is 18.0 Å². The number of nitrogens with zero attached hydrogens (tertiary/aromatic N) is 4. The van der Waals surface area contributed by atoms with Crippen LogP contribution in [0.15, 0.2) is 22.3 Å². The summed E-state index contributed by atoms with van der Waals surface area (Å²) in [6.45, 7) is 3.46. The van der Waals surface area contributed by atoms with Crippen molar-refractivity contribution in [2.75, 3.05) is 5.75 Å². The van der Waals surface area contributed by atoms with Gasteiger partial charge in [0, 0.05) is 23.0 Å². The van der Waals surface area contributed by atoms with Gasteiger partial charge >= 0.3 is 29.6 Å². The molecular formula is C16H17N4NaO4S2. The average Bonchev–Trinajstić information content (AvgIpc) is 3.19. The van der Waals surface area contributed by atoms with Crippen LogP contribution in [0.2, 0.25) is 0 Å². The van der Waals surface area contributed by atoms with Gasteiger partial charge in [0.25, 0.3) is 0 Å². The van der Waals surface area contributed by atoms with Gasteiger partial charge in [0.2, 0.25) is 10.9 Å². The van der Waals surface area contributed by atoms with Crippen molar-refractivity contribution in [2.24, 2.45) is 11.8 Å². The predicted molar refractivity (Wildman–Crippen MR) is 94.0 cm³/mol. The van der Waals surface area contributed by atoms with Crippen molar-refractivity contribution in [3.8, 4) is 0 Å². The van der Waals surface area contributed by atoms with Crippen LogP contribution in [-0.4, -0.2) is 54.4 Å². The number of aliphatic hydroxyl groups is 1. The molecule has 8 nitrogen and oxygen atoms in total.